The van der Waals surface area contributed by atoms with E-state index in [0.29, 0.717) is 6.54 Å². The van der Waals surface area contributed by atoms with E-state index in [1.54, 1.807) is 0 Å². The Kier molecular flexibility index (Phi) is 5.16. The van der Waals surface area contributed by atoms with Gasteiger partial charge in [0.2, 0.25) is 0 Å². The topological polar surface area (TPSA) is 44.5 Å². The Bertz CT molecular complexity index is 485. The van der Waals surface area contributed by atoms with Gasteiger partial charge in [0.1, 0.15) is 0 Å². The van der Waals surface area contributed by atoms with Crippen molar-refractivity contribution in [2.45, 2.75) is 58.7 Å². The van der Waals surface area contributed by atoms with Crippen molar-refractivity contribution < 1.29 is 5.11 Å². The van der Waals surface area contributed by atoms with Crippen LogP contribution in [0.2, 0.25) is 0 Å². The van der Waals surface area contributed by atoms with Crippen molar-refractivity contribution in [2.24, 2.45) is 0 Å². The third-order valence-electron chi connectivity index (χ3n) is 5.44. The Hall–Kier alpha value is -0.910. The third kappa shape index (κ3) is 3.36. The summed E-state index contributed by atoms with van der Waals surface area (Å²) in [7, 11) is 0. The molecular weight excluding hydrogens is 276 g/mol. The van der Waals surface area contributed by atoms with Gasteiger partial charge in [-0.3, -0.25) is 9.58 Å². The molecule has 3 rings (SSSR count). The van der Waals surface area contributed by atoms with E-state index in [1.165, 1.54) is 63.1 Å². The Labute approximate surface area is 133 Å². The van der Waals surface area contributed by atoms with Crippen molar-refractivity contribution in [2.75, 3.05) is 32.8 Å². The van der Waals surface area contributed by atoms with Crippen LogP contribution in [0.5, 0.6) is 0 Å². The number of aryl methyl sites for hydroxylation is 1. The molecule has 3 heterocycles. The van der Waals surface area contributed by atoms with Gasteiger partial charge in [0.05, 0.1) is 18.8 Å². The van der Waals surface area contributed by atoms with Crippen molar-refractivity contribution in [3.05, 3.63) is 17.0 Å². The standard InChI is InChI=1S/C17H30N4O/c1-14-17(15(2)21(18-14)11-12-22)13-19-9-5-16(6-10-19)20-7-3-4-8-20/h16,22H,3-13H2,1-2H3. The molecule has 0 amide bonds. The van der Waals surface area contributed by atoms with E-state index in [9.17, 15) is 0 Å². The van der Waals surface area contributed by atoms with Gasteiger partial charge in [0, 0.05) is 23.8 Å². The molecule has 0 aliphatic carbocycles. The number of aromatic nitrogens is 2. The monoisotopic (exact) mass is 306 g/mol. The fraction of sp³-hybridized carbons (Fsp3) is 0.824. The van der Waals surface area contributed by atoms with E-state index < -0.39 is 0 Å². The summed E-state index contributed by atoms with van der Waals surface area (Å²) in [4.78, 5) is 5.28. The molecule has 0 bridgehead atoms. The van der Waals surface area contributed by atoms with E-state index in [2.05, 4.69) is 28.7 Å². The van der Waals surface area contributed by atoms with Crippen LogP contribution in [0.25, 0.3) is 0 Å². The zero-order valence-electron chi connectivity index (χ0n) is 14.1. The van der Waals surface area contributed by atoms with Gasteiger partial charge in [-0.15, -0.1) is 0 Å². The first kappa shape index (κ1) is 16.0. The zero-order valence-corrected chi connectivity index (χ0v) is 14.1. The summed E-state index contributed by atoms with van der Waals surface area (Å²) in [6.07, 6.45) is 5.40. The maximum atomic E-state index is 9.12. The maximum absolute atomic E-state index is 9.12. The Morgan fingerprint density at radius 1 is 1.09 bits per heavy atom. The molecule has 0 unspecified atom stereocenters. The molecule has 22 heavy (non-hydrogen) atoms. The number of aliphatic hydroxyl groups is 1. The Balaban J connectivity index is 1.56. The molecule has 2 fully saturated rings. The van der Waals surface area contributed by atoms with Crippen molar-refractivity contribution in [3.8, 4) is 0 Å². The van der Waals surface area contributed by atoms with Crippen LogP contribution in [0, 0.1) is 13.8 Å². The lowest BCUT2D eigenvalue weighted by atomic mass is 10.0. The minimum absolute atomic E-state index is 0.155. The van der Waals surface area contributed by atoms with Gasteiger partial charge >= 0.3 is 0 Å². The number of piperidine rings is 1. The van der Waals surface area contributed by atoms with E-state index in [4.69, 9.17) is 5.11 Å². The summed E-state index contributed by atoms with van der Waals surface area (Å²) in [5.41, 5.74) is 3.69. The number of hydrogen-bond acceptors (Lipinski definition) is 4. The van der Waals surface area contributed by atoms with Gasteiger partial charge < -0.3 is 10.0 Å². The first-order valence-electron chi connectivity index (χ1n) is 8.79. The van der Waals surface area contributed by atoms with Crippen LogP contribution in [-0.2, 0) is 13.1 Å². The summed E-state index contributed by atoms with van der Waals surface area (Å²) in [6, 6.07) is 0.818. The molecule has 1 N–H and O–H groups in total. The molecule has 1 aromatic rings. The van der Waals surface area contributed by atoms with Crippen molar-refractivity contribution in [1.29, 1.82) is 0 Å². The summed E-state index contributed by atoms with van der Waals surface area (Å²) in [5, 5.41) is 13.7. The number of rotatable bonds is 5. The predicted octanol–water partition coefficient (Wildman–Crippen LogP) is 1.55. The number of hydrogen-bond donors (Lipinski definition) is 1. The highest BCUT2D eigenvalue weighted by atomic mass is 16.3. The van der Waals surface area contributed by atoms with Gasteiger partial charge in [-0.1, -0.05) is 0 Å². The maximum Gasteiger partial charge on any atom is 0.0644 e. The molecule has 124 valence electrons. The highest BCUT2D eigenvalue weighted by Crippen LogP contribution is 2.23. The molecule has 2 aliphatic heterocycles. The normalized spacial score (nSPS) is 21.8. The molecule has 0 atom stereocenters. The summed E-state index contributed by atoms with van der Waals surface area (Å²) < 4.78 is 1.95. The lowest BCUT2D eigenvalue weighted by Crippen LogP contribution is -2.43. The quantitative estimate of drug-likeness (QED) is 0.896. The minimum Gasteiger partial charge on any atom is -0.394 e. The second-order valence-corrected chi connectivity index (χ2v) is 6.85. The first-order valence-corrected chi connectivity index (χ1v) is 8.79. The predicted molar refractivity (Wildman–Crippen MR) is 87.9 cm³/mol. The van der Waals surface area contributed by atoms with E-state index in [1.807, 2.05) is 4.68 Å². The van der Waals surface area contributed by atoms with Crippen molar-refractivity contribution >= 4 is 0 Å². The lowest BCUT2D eigenvalue weighted by molar-refractivity contribution is 0.122. The van der Waals surface area contributed by atoms with Crippen molar-refractivity contribution in [3.63, 3.8) is 0 Å². The van der Waals surface area contributed by atoms with Crippen LogP contribution in [0.3, 0.4) is 0 Å². The van der Waals surface area contributed by atoms with Crippen molar-refractivity contribution in [1.82, 2.24) is 19.6 Å². The van der Waals surface area contributed by atoms with Gasteiger partial charge in [0.25, 0.3) is 0 Å². The summed E-state index contributed by atoms with van der Waals surface area (Å²) in [6.45, 7) is 11.0. The van der Waals surface area contributed by atoms with Crippen LogP contribution in [-0.4, -0.2) is 63.5 Å². The molecule has 0 radical (unpaired) electrons. The molecular formula is C17H30N4O. The van der Waals surface area contributed by atoms with Crippen LogP contribution in [0.15, 0.2) is 0 Å². The lowest BCUT2D eigenvalue weighted by Gasteiger charge is -2.36. The number of aliphatic hydroxyl groups excluding tert-OH is 1. The minimum atomic E-state index is 0.155. The Morgan fingerprint density at radius 3 is 2.41 bits per heavy atom. The van der Waals surface area contributed by atoms with E-state index in [-0.39, 0.29) is 6.61 Å². The van der Waals surface area contributed by atoms with Crippen LogP contribution in [0.4, 0.5) is 0 Å². The average molecular weight is 306 g/mol. The van der Waals surface area contributed by atoms with E-state index >= 15 is 0 Å². The molecule has 0 aromatic carbocycles. The highest BCUT2D eigenvalue weighted by molar-refractivity contribution is 5.24. The van der Waals surface area contributed by atoms with E-state index in [0.717, 1.165) is 18.3 Å². The van der Waals surface area contributed by atoms with Crippen LogP contribution >= 0.6 is 0 Å². The summed E-state index contributed by atoms with van der Waals surface area (Å²) >= 11 is 0. The SMILES string of the molecule is Cc1nn(CCO)c(C)c1CN1CCC(N2CCCC2)CC1. The third-order valence-corrected chi connectivity index (χ3v) is 5.44. The van der Waals surface area contributed by atoms with Gasteiger partial charge in [-0.2, -0.15) is 5.10 Å². The molecule has 0 saturated carbocycles. The second-order valence-electron chi connectivity index (χ2n) is 6.85. The molecule has 5 nitrogen and oxygen atoms in total. The Morgan fingerprint density at radius 2 is 1.77 bits per heavy atom. The smallest absolute Gasteiger partial charge is 0.0644 e. The molecule has 2 aliphatic rings. The number of nitrogens with zero attached hydrogens (tertiary/aromatic N) is 4. The fourth-order valence-electron chi connectivity index (χ4n) is 4.05. The van der Waals surface area contributed by atoms with Crippen LogP contribution < -0.4 is 0 Å². The summed E-state index contributed by atoms with van der Waals surface area (Å²) in [5.74, 6) is 0. The van der Waals surface area contributed by atoms with Gasteiger partial charge in [0.15, 0.2) is 0 Å². The first-order chi connectivity index (χ1) is 10.7. The van der Waals surface area contributed by atoms with Crippen LogP contribution in [0.1, 0.15) is 42.6 Å². The molecule has 1 aromatic heterocycles. The fourth-order valence-corrected chi connectivity index (χ4v) is 4.05. The molecule has 2 saturated heterocycles. The highest BCUT2D eigenvalue weighted by Gasteiger charge is 2.27. The second kappa shape index (κ2) is 7.11. The van der Waals surface area contributed by atoms with Gasteiger partial charge in [-0.05, 0) is 65.7 Å². The zero-order chi connectivity index (χ0) is 15.5. The average Bonchev–Trinajstić information content (AvgIpc) is 3.13. The molecule has 0 spiro atoms. The largest absolute Gasteiger partial charge is 0.394 e. The van der Waals surface area contributed by atoms with Gasteiger partial charge in [-0.25, -0.2) is 0 Å². The number of likely N-dealkylation sites (tertiary alicyclic amines) is 2. The molecule has 5 heteroatoms.